The van der Waals surface area contributed by atoms with Gasteiger partial charge in [-0.1, -0.05) is 6.07 Å². The van der Waals surface area contributed by atoms with Crippen LogP contribution in [0.5, 0.6) is 11.5 Å². The van der Waals surface area contributed by atoms with Gasteiger partial charge in [-0.15, -0.1) is 0 Å². The second kappa shape index (κ2) is 4.26. The minimum atomic E-state index is -0.335. The van der Waals surface area contributed by atoms with Gasteiger partial charge in [-0.3, -0.25) is 0 Å². The largest absolute Gasteiger partial charge is 0.466 e. The Labute approximate surface area is 93.4 Å². The smallest absolute Gasteiger partial charge is 0.333 e. The van der Waals surface area contributed by atoms with E-state index in [2.05, 4.69) is 4.74 Å². The molecule has 0 bridgehead atoms. The molecule has 0 fully saturated rings. The van der Waals surface area contributed by atoms with Gasteiger partial charge in [0.1, 0.15) is 0 Å². The summed E-state index contributed by atoms with van der Waals surface area (Å²) in [7, 11) is 1.36. The molecule has 0 spiro atoms. The maximum absolute atomic E-state index is 11.2. The highest BCUT2D eigenvalue weighted by Crippen LogP contribution is 2.33. The second-order valence-corrected chi connectivity index (χ2v) is 3.43. The van der Waals surface area contributed by atoms with Crippen molar-refractivity contribution < 1.29 is 19.0 Å². The van der Waals surface area contributed by atoms with E-state index in [0.717, 1.165) is 11.3 Å². The van der Waals surface area contributed by atoms with Crippen LogP contribution in [0.25, 0.3) is 6.08 Å². The lowest BCUT2D eigenvalue weighted by Gasteiger charge is -2.00. The number of hydrogen-bond donors (Lipinski definition) is 0. The van der Waals surface area contributed by atoms with Crippen LogP contribution in [0.3, 0.4) is 0 Å². The minimum absolute atomic E-state index is 0.248. The number of benzene rings is 1. The highest BCUT2D eigenvalue weighted by Gasteiger charge is 2.13. The molecule has 0 saturated carbocycles. The van der Waals surface area contributed by atoms with Gasteiger partial charge >= 0.3 is 5.97 Å². The number of fused-ring (bicyclic) bond motifs is 1. The Morgan fingerprint density at radius 1 is 1.38 bits per heavy atom. The first-order valence-corrected chi connectivity index (χ1v) is 4.87. The summed E-state index contributed by atoms with van der Waals surface area (Å²) >= 11 is 0. The predicted octanol–water partition coefficient (Wildman–Crippen LogP) is 1.99. The molecule has 4 nitrogen and oxygen atoms in total. The zero-order valence-corrected chi connectivity index (χ0v) is 9.15. The van der Waals surface area contributed by atoms with E-state index in [-0.39, 0.29) is 12.8 Å². The molecule has 0 atom stereocenters. The normalized spacial score (nSPS) is 13.8. The standard InChI is InChI=1S/C12H12O4/c1-8(12(13)14-2)5-9-3-4-10-11(6-9)16-7-15-10/h3-6H,7H2,1-2H3/b8-5+. The molecular weight excluding hydrogens is 208 g/mol. The van der Waals surface area contributed by atoms with Crippen molar-refractivity contribution in [3.8, 4) is 11.5 Å². The van der Waals surface area contributed by atoms with Gasteiger partial charge in [0.25, 0.3) is 0 Å². The lowest BCUT2D eigenvalue weighted by atomic mass is 10.1. The van der Waals surface area contributed by atoms with E-state index in [4.69, 9.17) is 9.47 Å². The highest BCUT2D eigenvalue weighted by molar-refractivity contribution is 5.93. The molecule has 1 aliphatic heterocycles. The molecule has 0 N–H and O–H groups in total. The first kappa shape index (κ1) is 10.5. The predicted molar refractivity (Wildman–Crippen MR) is 58.2 cm³/mol. The molecule has 0 amide bonds. The Morgan fingerprint density at radius 3 is 2.88 bits per heavy atom. The molecule has 4 heteroatoms. The van der Waals surface area contributed by atoms with Crippen LogP contribution >= 0.6 is 0 Å². The van der Waals surface area contributed by atoms with Gasteiger partial charge in [0, 0.05) is 5.57 Å². The van der Waals surface area contributed by atoms with Crippen LogP contribution in [-0.2, 0) is 9.53 Å². The Bertz CT molecular complexity index is 448. The summed E-state index contributed by atoms with van der Waals surface area (Å²) in [4.78, 5) is 11.2. The van der Waals surface area contributed by atoms with Gasteiger partial charge in [-0.05, 0) is 30.7 Å². The number of carbonyl (C=O) groups excluding carboxylic acids is 1. The van der Waals surface area contributed by atoms with Crippen LogP contribution in [0.4, 0.5) is 0 Å². The average Bonchev–Trinajstić information content (AvgIpc) is 2.75. The third-order valence-electron chi connectivity index (χ3n) is 2.29. The third-order valence-corrected chi connectivity index (χ3v) is 2.29. The fraction of sp³-hybridized carbons (Fsp3) is 0.250. The van der Waals surface area contributed by atoms with Crippen LogP contribution < -0.4 is 9.47 Å². The van der Waals surface area contributed by atoms with Crippen LogP contribution in [0.15, 0.2) is 23.8 Å². The fourth-order valence-electron chi connectivity index (χ4n) is 1.47. The quantitative estimate of drug-likeness (QED) is 0.564. The van der Waals surface area contributed by atoms with Crippen molar-refractivity contribution in [1.82, 2.24) is 0 Å². The van der Waals surface area contributed by atoms with Crippen molar-refractivity contribution in [3.05, 3.63) is 29.3 Å². The van der Waals surface area contributed by atoms with E-state index < -0.39 is 0 Å². The van der Waals surface area contributed by atoms with Crippen molar-refractivity contribution in [2.45, 2.75) is 6.92 Å². The third kappa shape index (κ3) is 2.00. The van der Waals surface area contributed by atoms with Crippen LogP contribution in [-0.4, -0.2) is 19.9 Å². The maximum atomic E-state index is 11.2. The van der Waals surface area contributed by atoms with Crippen molar-refractivity contribution in [1.29, 1.82) is 0 Å². The van der Waals surface area contributed by atoms with Crippen molar-refractivity contribution in [2.24, 2.45) is 0 Å². The zero-order chi connectivity index (χ0) is 11.5. The summed E-state index contributed by atoms with van der Waals surface area (Å²) in [5, 5.41) is 0. The van der Waals surface area contributed by atoms with E-state index >= 15 is 0 Å². The van der Waals surface area contributed by atoms with Gasteiger partial charge in [0.05, 0.1) is 7.11 Å². The van der Waals surface area contributed by atoms with Gasteiger partial charge in [0.15, 0.2) is 11.5 Å². The number of esters is 1. The SMILES string of the molecule is COC(=O)/C(C)=C/c1ccc2c(c1)OCO2. The summed E-state index contributed by atoms with van der Waals surface area (Å²) in [6.45, 7) is 1.95. The molecule has 1 aromatic carbocycles. The molecule has 16 heavy (non-hydrogen) atoms. The van der Waals surface area contributed by atoms with Crippen molar-refractivity contribution >= 4 is 12.0 Å². The summed E-state index contributed by atoms with van der Waals surface area (Å²) in [6, 6.07) is 5.51. The summed E-state index contributed by atoms with van der Waals surface area (Å²) < 4.78 is 15.0. The van der Waals surface area contributed by atoms with Gasteiger partial charge < -0.3 is 14.2 Å². The van der Waals surface area contributed by atoms with E-state index in [1.807, 2.05) is 18.2 Å². The molecule has 1 aromatic rings. The molecule has 0 aromatic heterocycles. The first-order valence-electron chi connectivity index (χ1n) is 4.87. The molecule has 0 saturated heterocycles. The second-order valence-electron chi connectivity index (χ2n) is 3.43. The molecule has 84 valence electrons. The van der Waals surface area contributed by atoms with E-state index in [9.17, 15) is 4.79 Å². The first-order chi connectivity index (χ1) is 7.70. The van der Waals surface area contributed by atoms with Crippen LogP contribution in [0.1, 0.15) is 12.5 Å². The molecule has 1 heterocycles. The number of carbonyl (C=O) groups is 1. The summed E-state index contributed by atoms with van der Waals surface area (Å²) in [5.41, 5.74) is 1.42. The highest BCUT2D eigenvalue weighted by atomic mass is 16.7. The van der Waals surface area contributed by atoms with Crippen molar-refractivity contribution in [3.63, 3.8) is 0 Å². The average molecular weight is 220 g/mol. The van der Waals surface area contributed by atoms with Crippen molar-refractivity contribution in [2.75, 3.05) is 13.9 Å². The van der Waals surface area contributed by atoms with Crippen LogP contribution in [0, 0.1) is 0 Å². The molecular formula is C12H12O4. The van der Waals surface area contributed by atoms with E-state index in [1.165, 1.54) is 7.11 Å². The number of methoxy groups -OCH3 is 1. The molecule has 0 unspecified atom stereocenters. The van der Waals surface area contributed by atoms with Gasteiger partial charge in [0.2, 0.25) is 6.79 Å². The maximum Gasteiger partial charge on any atom is 0.333 e. The Balaban J connectivity index is 2.25. The summed E-state index contributed by atoms with van der Waals surface area (Å²) in [5.74, 6) is 1.09. The Morgan fingerprint density at radius 2 is 2.12 bits per heavy atom. The number of hydrogen-bond acceptors (Lipinski definition) is 4. The molecule has 0 radical (unpaired) electrons. The zero-order valence-electron chi connectivity index (χ0n) is 9.15. The number of ether oxygens (including phenoxy) is 3. The van der Waals surface area contributed by atoms with E-state index in [1.54, 1.807) is 13.0 Å². The van der Waals surface area contributed by atoms with Gasteiger partial charge in [-0.2, -0.15) is 0 Å². The lowest BCUT2D eigenvalue weighted by molar-refractivity contribution is -0.135. The van der Waals surface area contributed by atoms with Gasteiger partial charge in [-0.25, -0.2) is 4.79 Å². The van der Waals surface area contributed by atoms with Crippen LogP contribution in [0.2, 0.25) is 0 Å². The topological polar surface area (TPSA) is 44.8 Å². The molecule has 0 aliphatic carbocycles. The van der Waals surface area contributed by atoms with E-state index in [0.29, 0.717) is 11.3 Å². The Hall–Kier alpha value is -1.97. The minimum Gasteiger partial charge on any atom is -0.466 e. The Kier molecular flexibility index (Phi) is 2.81. The fourth-order valence-corrected chi connectivity index (χ4v) is 1.47. The molecule has 1 aliphatic rings. The monoisotopic (exact) mass is 220 g/mol. The number of rotatable bonds is 2. The summed E-state index contributed by atoms with van der Waals surface area (Å²) in [6.07, 6.45) is 1.74. The molecule has 2 rings (SSSR count). The lowest BCUT2D eigenvalue weighted by Crippen LogP contribution is -2.00.